The fourth-order valence-corrected chi connectivity index (χ4v) is 1.58. The van der Waals surface area contributed by atoms with Gasteiger partial charge in [-0.05, 0) is 19.1 Å². The van der Waals surface area contributed by atoms with Crippen molar-refractivity contribution in [2.45, 2.75) is 6.92 Å². The third kappa shape index (κ3) is 2.48. The molecule has 18 heavy (non-hydrogen) atoms. The number of amides is 1. The van der Waals surface area contributed by atoms with Gasteiger partial charge in [-0.3, -0.25) is 9.48 Å². The third-order valence-electron chi connectivity index (χ3n) is 2.46. The Balaban J connectivity index is 2.21. The number of aryl methyl sites for hydroxylation is 1. The molecule has 2 N–H and O–H groups in total. The number of rotatable bonds is 4. The maximum Gasteiger partial charge on any atom is 0.260 e. The number of anilines is 2. The summed E-state index contributed by atoms with van der Waals surface area (Å²) < 4.78 is 1.60. The average Bonchev–Trinajstić information content (AvgIpc) is 2.76. The minimum absolute atomic E-state index is 0.206. The maximum atomic E-state index is 12.1. The van der Waals surface area contributed by atoms with Gasteiger partial charge in [0.05, 0.1) is 11.8 Å². The van der Waals surface area contributed by atoms with Crippen molar-refractivity contribution in [2.75, 3.05) is 17.2 Å². The molecule has 0 aliphatic heterocycles. The lowest BCUT2D eigenvalue weighted by molar-refractivity contribution is 0.102. The molecular weight excluding hydrogens is 230 g/mol. The first kappa shape index (κ1) is 12.1. The number of hydrogen-bond donors (Lipinski definition) is 2. The first-order valence-electron chi connectivity index (χ1n) is 5.70. The Hall–Kier alpha value is -2.37. The molecule has 6 heteroatoms. The number of carbonyl (C=O) groups is 1. The van der Waals surface area contributed by atoms with Gasteiger partial charge in [0.15, 0.2) is 0 Å². The monoisotopic (exact) mass is 245 g/mol. The molecule has 0 unspecified atom stereocenters. The molecule has 0 aromatic carbocycles. The first-order valence-corrected chi connectivity index (χ1v) is 5.70. The minimum atomic E-state index is -0.206. The SMILES string of the molecule is CCNc1ncccc1C(=O)Nc1ccnn1C. The second kappa shape index (κ2) is 5.31. The summed E-state index contributed by atoms with van der Waals surface area (Å²) in [4.78, 5) is 16.3. The summed E-state index contributed by atoms with van der Waals surface area (Å²) in [7, 11) is 1.77. The summed E-state index contributed by atoms with van der Waals surface area (Å²) >= 11 is 0. The Bertz CT molecular complexity index is 549. The highest BCUT2D eigenvalue weighted by atomic mass is 16.1. The van der Waals surface area contributed by atoms with Gasteiger partial charge in [0.2, 0.25) is 0 Å². The van der Waals surface area contributed by atoms with E-state index >= 15 is 0 Å². The lowest BCUT2D eigenvalue weighted by Crippen LogP contribution is -2.17. The van der Waals surface area contributed by atoms with E-state index in [-0.39, 0.29) is 5.91 Å². The van der Waals surface area contributed by atoms with Crippen molar-refractivity contribution < 1.29 is 4.79 Å². The number of hydrogen-bond acceptors (Lipinski definition) is 4. The molecule has 94 valence electrons. The zero-order valence-corrected chi connectivity index (χ0v) is 10.3. The predicted octanol–water partition coefficient (Wildman–Crippen LogP) is 1.50. The number of nitrogens with zero attached hydrogens (tertiary/aromatic N) is 3. The van der Waals surface area contributed by atoms with Gasteiger partial charge in [0.1, 0.15) is 11.6 Å². The van der Waals surface area contributed by atoms with Gasteiger partial charge in [0.25, 0.3) is 5.91 Å². The van der Waals surface area contributed by atoms with Crippen molar-refractivity contribution in [3.05, 3.63) is 36.2 Å². The molecule has 0 fully saturated rings. The van der Waals surface area contributed by atoms with Crippen molar-refractivity contribution in [3.8, 4) is 0 Å². The number of aromatic nitrogens is 3. The highest BCUT2D eigenvalue weighted by Gasteiger charge is 2.12. The normalized spacial score (nSPS) is 10.1. The van der Waals surface area contributed by atoms with Crippen LogP contribution in [-0.4, -0.2) is 27.2 Å². The Morgan fingerprint density at radius 2 is 2.22 bits per heavy atom. The zero-order valence-electron chi connectivity index (χ0n) is 10.3. The molecule has 2 heterocycles. The van der Waals surface area contributed by atoms with Gasteiger partial charge in [-0.2, -0.15) is 5.10 Å². The Kier molecular flexibility index (Phi) is 3.57. The predicted molar refractivity (Wildman–Crippen MR) is 69.6 cm³/mol. The second-order valence-corrected chi connectivity index (χ2v) is 3.72. The first-order chi connectivity index (χ1) is 8.72. The highest BCUT2D eigenvalue weighted by molar-refractivity contribution is 6.07. The molecule has 0 spiro atoms. The third-order valence-corrected chi connectivity index (χ3v) is 2.46. The van der Waals surface area contributed by atoms with E-state index in [0.717, 1.165) is 0 Å². The number of pyridine rings is 1. The standard InChI is InChI=1S/C12H15N5O/c1-3-13-11-9(5-4-7-14-11)12(18)16-10-6-8-15-17(10)2/h4-8H,3H2,1-2H3,(H,13,14)(H,16,18). The Morgan fingerprint density at radius 3 is 2.89 bits per heavy atom. The number of nitrogens with one attached hydrogen (secondary N) is 2. The summed E-state index contributed by atoms with van der Waals surface area (Å²) in [6, 6.07) is 5.21. The molecular formula is C12H15N5O. The Morgan fingerprint density at radius 1 is 1.39 bits per heavy atom. The van der Waals surface area contributed by atoms with Crippen molar-refractivity contribution in [1.29, 1.82) is 0 Å². The van der Waals surface area contributed by atoms with Gasteiger partial charge in [-0.15, -0.1) is 0 Å². The lowest BCUT2D eigenvalue weighted by Gasteiger charge is -2.09. The molecule has 1 amide bonds. The van der Waals surface area contributed by atoms with E-state index in [1.54, 1.807) is 42.3 Å². The van der Waals surface area contributed by atoms with E-state index in [1.165, 1.54) is 0 Å². The van der Waals surface area contributed by atoms with E-state index < -0.39 is 0 Å². The van der Waals surface area contributed by atoms with Crippen molar-refractivity contribution in [2.24, 2.45) is 7.05 Å². The van der Waals surface area contributed by atoms with E-state index in [9.17, 15) is 4.79 Å². The van der Waals surface area contributed by atoms with E-state index in [0.29, 0.717) is 23.7 Å². The van der Waals surface area contributed by atoms with Crippen LogP contribution in [0.3, 0.4) is 0 Å². The molecule has 0 atom stereocenters. The van der Waals surface area contributed by atoms with Gasteiger partial charge in [0, 0.05) is 25.9 Å². The molecule has 0 radical (unpaired) electrons. The van der Waals surface area contributed by atoms with Crippen LogP contribution in [-0.2, 0) is 7.05 Å². The van der Waals surface area contributed by atoms with Crippen LogP contribution in [0.25, 0.3) is 0 Å². The van der Waals surface area contributed by atoms with E-state index in [4.69, 9.17) is 0 Å². The topological polar surface area (TPSA) is 71.8 Å². The fraction of sp³-hybridized carbons (Fsp3) is 0.250. The molecule has 6 nitrogen and oxygen atoms in total. The van der Waals surface area contributed by atoms with Gasteiger partial charge in [-0.25, -0.2) is 4.98 Å². The van der Waals surface area contributed by atoms with Crippen LogP contribution in [0.1, 0.15) is 17.3 Å². The van der Waals surface area contributed by atoms with Crippen LogP contribution in [0.4, 0.5) is 11.6 Å². The summed E-state index contributed by atoms with van der Waals surface area (Å²) in [5.41, 5.74) is 0.514. The molecule has 0 bridgehead atoms. The Labute approximate surface area is 105 Å². The molecule has 2 rings (SSSR count). The molecule has 0 saturated carbocycles. The smallest absolute Gasteiger partial charge is 0.260 e. The average molecular weight is 245 g/mol. The van der Waals surface area contributed by atoms with Crippen LogP contribution in [0, 0.1) is 0 Å². The molecule has 0 aliphatic rings. The molecule has 0 aliphatic carbocycles. The summed E-state index contributed by atoms with van der Waals surface area (Å²) in [5, 5.41) is 9.84. The van der Waals surface area contributed by atoms with Crippen LogP contribution in [0.5, 0.6) is 0 Å². The minimum Gasteiger partial charge on any atom is -0.370 e. The van der Waals surface area contributed by atoms with Crippen LogP contribution in [0.2, 0.25) is 0 Å². The van der Waals surface area contributed by atoms with E-state index in [2.05, 4.69) is 20.7 Å². The fourth-order valence-electron chi connectivity index (χ4n) is 1.58. The summed E-state index contributed by atoms with van der Waals surface area (Å²) in [5.74, 6) is 1.02. The van der Waals surface area contributed by atoms with Gasteiger partial charge in [-0.1, -0.05) is 0 Å². The largest absolute Gasteiger partial charge is 0.370 e. The molecule has 2 aromatic heterocycles. The van der Waals surface area contributed by atoms with E-state index in [1.807, 2.05) is 6.92 Å². The van der Waals surface area contributed by atoms with Crippen LogP contribution in [0.15, 0.2) is 30.6 Å². The van der Waals surface area contributed by atoms with Crippen LogP contribution >= 0.6 is 0 Å². The van der Waals surface area contributed by atoms with Crippen LogP contribution < -0.4 is 10.6 Å². The van der Waals surface area contributed by atoms with Crippen molar-refractivity contribution in [3.63, 3.8) is 0 Å². The molecule has 0 saturated heterocycles. The highest BCUT2D eigenvalue weighted by Crippen LogP contribution is 2.14. The van der Waals surface area contributed by atoms with Crippen molar-refractivity contribution in [1.82, 2.24) is 14.8 Å². The van der Waals surface area contributed by atoms with Gasteiger partial charge >= 0.3 is 0 Å². The number of carbonyl (C=O) groups excluding carboxylic acids is 1. The van der Waals surface area contributed by atoms with Crippen molar-refractivity contribution >= 4 is 17.5 Å². The summed E-state index contributed by atoms with van der Waals surface area (Å²) in [6.45, 7) is 2.67. The quantitative estimate of drug-likeness (QED) is 0.856. The second-order valence-electron chi connectivity index (χ2n) is 3.72. The zero-order chi connectivity index (χ0) is 13.0. The van der Waals surface area contributed by atoms with Gasteiger partial charge < -0.3 is 10.6 Å². The lowest BCUT2D eigenvalue weighted by atomic mass is 10.2. The molecule has 2 aromatic rings. The summed E-state index contributed by atoms with van der Waals surface area (Å²) in [6.07, 6.45) is 3.28. The maximum absolute atomic E-state index is 12.1.